The molecule has 4 aromatic rings. The number of hydrogen-bond donors (Lipinski definition) is 1. The summed E-state index contributed by atoms with van der Waals surface area (Å²) in [6.45, 7) is 0. The van der Waals surface area contributed by atoms with Crippen molar-refractivity contribution in [3.05, 3.63) is 136 Å². The van der Waals surface area contributed by atoms with E-state index in [0.29, 0.717) is 10.7 Å². The molecular formula is C33H25ClN2O3. The van der Waals surface area contributed by atoms with Crippen LogP contribution in [0.2, 0.25) is 5.02 Å². The van der Waals surface area contributed by atoms with Crippen molar-refractivity contribution in [2.24, 2.45) is 11.8 Å². The zero-order valence-corrected chi connectivity index (χ0v) is 21.7. The monoisotopic (exact) mass is 532 g/mol. The minimum atomic E-state index is -0.987. The highest BCUT2D eigenvalue weighted by molar-refractivity contribution is 6.30. The van der Waals surface area contributed by atoms with E-state index in [1.165, 1.54) is 4.90 Å². The lowest BCUT2D eigenvalue weighted by molar-refractivity contribution is -0.146. The van der Waals surface area contributed by atoms with E-state index in [4.69, 9.17) is 11.6 Å². The summed E-state index contributed by atoms with van der Waals surface area (Å²) < 4.78 is 0. The predicted molar refractivity (Wildman–Crippen MR) is 149 cm³/mol. The molecule has 0 radical (unpaired) electrons. The molecular weight excluding hydrogens is 508 g/mol. The van der Waals surface area contributed by atoms with E-state index in [9.17, 15) is 14.4 Å². The number of halogens is 1. The number of nitrogens with zero attached hydrogens (tertiary/aromatic N) is 1. The van der Waals surface area contributed by atoms with Gasteiger partial charge in [0, 0.05) is 29.0 Å². The molecule has 3 amide bonds. The van der Waals surface area contributed by atoms with E-state index in [2.05, 4.69) is 29.6 Å². The maximum absolute atomic E-state index is 14.3. The van der Waals surface area contributed by atoms with Gasteiger partial charge >= 0.3 is 0 Å². The van der Waals surface area contributed by atoms with Crippen LogP contribution in [0.3, 0.4) is 0 Å². The lowest BCUT2D eigenvalue weighted by Crippen LogP contribution is -2.49. The quantitative estimate of drug-likeness (QED) is 0.331. The number of hydrogen-bond acceptors (Lipinski definition) is 3. The molecule has 0 unspecified atom stereocenters. The van der Waals surface area contributed by atoms with Crippen LogP contribution >= 0.6 is 11.6 Å². The summed E-state index contributed by atoms with van der Waals surface area (Å²) in [5.41, 5.74) is 5.86. The maximum atomic E-state index is 14.3. The molecule has 4 aliphatic rings. The van der Waals surface area contributed by atoms with Crippen molar-refractivity contribution in [1.82, 2.24) is 4.90 Å². The summed E-state index contributed by atoms with van der Waals surface area (Å²) in [7, 11) is 0. The Hall–Kier alpha value is -4.22. The summed E-state index contributed by atoms with van der Waals surface area (Å²) in [5, 5.41) is 3.47. The van der Waals surface area contributed by atoms with E-state index >= 15 is 0 Å². The third-order valence-corrected chi connectivity index (χ3v) is 8.73. The van der Waals surface area contributed by atoms with Gasteiger partial charge in [-0.25, -0.2) is 0 Å². The smallest absolute Gasteiger partial charge is 0.248 e. The van der Waals surface area contributed by atoms with Crippen molar-refractivity contribution >= 4 is 35.0 Å². The first-order chi connectivity index (χ1) is 19.0. The average molecular weight is 533 g/mol. The van der Waals surface area contributed by atoms with E-state index in [1.807, 2.05) is 54.6 Å². The zero-order valence-electron chi connectivity index (χ0n) is 21.0. The molecule has 2 bridgehead atoms. The summed E-state index contributed by atoms with van der Waals surface area (Å²) >= 11 is 6.03. The highest BCUT2D eigenvalue weighted by Crippen LogP contribution is 2.61. The van der Waals surface area contributed by atoms with Crippen LogP contribution in [0.1, 0.15) is 39.7 Å². The van der Waals surface area contributed by atoms with Crippen LogP contribution in [0, 0.1) is 11.8 Å². The lowest BCUT2D eigenvalue weighted by Gasteiger charge is -2.45. The van der Waals surface area contributed by atoms with Crippen LogP contribution in [-0.4, -0.2) is 28.7 Å². The van der Waals surface area contributed by atoms with Gasteiger partial charge in [-0.3, -0.25) is 19.3 Å². The highest BCUT2D eigenvalue weighted by Gasteiger charge is 2.63. The molecule has 4 aromatic carbocycles. The highest BCUT2D eigenvalue weighted by atomic mass is 35.5. The Morgan fingerprint density at radius 1 is 0.692 bits per heavy atom. The fourth-order valence-electron chi connectivity index (χ4n) is 6.90. The van der Waals surface area contributed by atoms with Crippen LogP contribution in [0.15, 0.2) is 103 Å². The Morgan fingerprint density at radius 3 is 1.64 bits per heavy atom. The molecule has 1 aliphatic heterocycles. The molecule has 8 rings (SSSR count). The summed E-state index contributed by atoms with van der Waals surface area (Å²) in [5.74, 6) is -2.44. The molecule has 3 atom stereocenters. The number of amides is 3. The first-order valence-electron chi connectivity index (χ1n) is 13.2. The van der Waals surface area contributed by atoms with Gasteiger partial charge < -0.3 is 5.32 Å². The summed E-state index contributed by atoms with van der Waals surface area (Å²) in [6.07, 6.45) is 0.229. The maximum Gasteiger partial charge on any atom is 0.248 e. The van der Waals surface area contributed by atoms with Gasteiger partial charge in [0.1, 0.15) is 6.04 Å². The number of anilines is 1. The van der Waals surface area contributed by atoms with Crippen molar-refractivity contribution in [3.63, 3.8) is 0 Å². The number of likely N-dealkylation sites (tertiary alicyclic amines) is 1. The predicted octanol–water partition coefficient (Wildman–Crippen LogP) is 5.78. The van der Waals surface area contributed by atoms with Crippen molar-refractivity contribution in [2.75, 3.05) is 5.32 Å². The molecule has 1 fully saturated rings. The first-order valence-corrected chi connectivity index (χ1v) is 13.6. The Balaban J connectivity index is 1.31. The van der Waals surface area contributed by atoms with Crippen molar-refractivity contribution < 1.29 is 14.4 Å². The molecule has 39 heavy (non-hydrogen) atoms. The minimum Gasteiger partial charge on any atom is -0.324 e. The molecule has 6 heteroatoms. The number of nitrogens with one attached hydrogen (secondary N) is 1. The number of benzene rings is 4. The number of carbonyl (C=O) groups excluding carboxylic acids is 3. The molecule has 1 N–H and O–H groups in total. The van der Waals surface area contributed by atoms with Gasteiger partial charge in [0.25, 0.3) is 0 Å². The van der Waals surface area contributed by atoms with Gasteiger partial charge in [0.15, 0.2) is 0 Å². The fourth-order valence-corrected chi connectivity index (χ4v) is 7.03. The second kappa shape index (κ2) is 9.21. The van der Waals surface area contributed by atoms with Gasteiger partial charge in [0.2, 0.25) is 17.7 Å². The van der Waals surface area contributed by atoms with Crippen molar-refractivity contribution in [1.29, 1.82) is 0 Å². The average Bonchev–Trinajstić information content (AvgIpc) is 3.23. The Labute approximate surface area is 231 Å². The summed E-state index contributed by atoms with van der Waals surface area (Å²) in [4.78, 5) is 43.7. The van der Waals surface area contributed by atoms with Crippen LogP contribution < -0.4 is 5.32 Å². The third kappa shape index (κ3) is 3.72. The molecule has 0 spiro atoms. The molecule has 3 aliphatic carbocycles. The van der Waals surface area contributed by atoms with Crippen molar-refractivity contribution in [3.8, 4) is 0 Å². The van der Waals surface area contributed by atoms with Crippen LogP contribution in [0.4, 0.5) is 5.69 Å². The fraction of sp³-hybridized carbons (Fsp3) is 0.182. The van der Waals surface area contributed by atoms with Crippen LogP contribution in [0.5, 0.6) is 0 Å². The van der Waals surface area contributed by atoms with Crippen LogP contribution in [-0.2, 0) is 20.8 Å². The van der Waals surface area contributed by atoms with Gasteiger partial charge in [-0.15, -0.1) is 0 Å². The largest absolute Gasteiger partial charge is 0.324 e. The van der Waals surface area contributed by atoms with E-state index in [0.717, 1.165) is 27.8 Å². The van der Waals surface area contributed by atoms with E-state index in [1.54, 1.807) is 24.3 Å². The topological polar surface area (TPSA) is 66.5 Å². The summed E-state index contributed by atoms with van der Waals surface area (Å²) in [6, 6.07) is 31.6. The standard InChI is InChI=1S/C33H25ClN2O3/c34-20-14-16-21(17-15-20)35-31(37)26(18-19-8-2-1-3-9-19)36-32(38)29-27-22-10-4-5-11-23(22)28(30(29)33(36)39)25-13-7-6-12-24(25)27/h1-17,26-30H,18H2,(H,35,37)/t26-,27?,28?,29-,30+/m1/s1. The van der Waals surface area contributed by atoms with Gasteiger partial charge in [-0.2, -0.15) is 0 Å². The number of rotatable bonds is 5. The Morgan fingerprint density at radius 2 is 1.15 bits per heavy atom. The second-order valence-corrected chi connectivity index (χ2v) is 10.9. The lowest BCUT2D eigenvalue weighted by atomic mass is 9.55. The minimum absolute atomic E-state index is 0.217. The van der Waals surface area contributed by atoms with Gasteiger partial charge in [0.05, 0.1) is 11.8 Å². The molecule has 0 aromatic heterocycles. The van der Waals surface area contributed by atoms with Crippen molar-refractivity contribution in [2.45, 2.75) is 24.3 Å². The molecule has 1 saturated heterocycles. The second-order valence-electron chi connectivity index (χ2n) is 10.5. The molecule has 192 valence electrons. The third-order valence-electron chi connectivity index (χ3n) is 8.48. The normalized spacial score (nSPS) is 23.2. The first kappa shape index (κ1) is 23.9. The Bertz CT molecular complexity index is 1500. The van der Waals surface area contributed by atoms with E-state index in [-0.39, 0.29) is 30.1 Å². The van der Waals surface area contributed by atoms with Crippen LogP contribution in [0.25, 0.3) is 0 Å². The molecule has 5 nitrogen and oxygen atoms in total. The zero-order chi connectivity index (χ0) is 26.7. The molecule has 1 heterocycles. The van der Waals surface area contributed by atoms with Gasteiger partial charge in [-0.05, 0) is 52.1 Å². The van der Waals surface area contributed by atoms with E-state index < -0.39 is 23.8 Å². The SMILES string of the molecule is O=C(Nc1ccc(Cl)cc1)[C@@H](Cc1ccccc1)N1C(=O)[C@@H]2C3c4ccccc4C(c4ccccc43)[C@@H]2C1=O. The number of carbonyl (C=O) groups is 3. The van der Waals surface area contributed by atoms with Gasteiger partial charge in [-0.1, -0.05) is 90.5 Å². The Kier molecular flexibility index (Phi) is 5.64. The number of imide groups is 1. The molecule has 0 saturated carbocycles.